The first kappa shape index (κ1) is 11.9. The van der Waals surface area contributed by atoms with Crippen molar-refractivity contribution in [3.05, 3.63) is 22.7 Å². The van der Waals surface area contributed by atoms with E-state index in [9.17, 15) is 13.2 Å². The van der Waals surface area contributed by atoms with Crippen LogP contribution in [0.15, 0.2) is 12.1 Å². The molecule has 0 amide bonds. The molecule has 0 unspecified atom stereocenters. The number of hydrogen-bond donors (Lipinski definition) is 2. The minimum absolute atomic E-state index is 0.0124. The molecule has 0 radical (unpaired) electrons. The Labute approximate surface area is 88.2 Å². The second-order valence-electron chi connectivity index (χ2n) is 2.65. The summed E-state index contributed by atoms with van der Waals surface area (Å²) in [6.45, 7) is -0.556. The van der Waals surface area contributed by atoms with E-state index in [2.05, 4.69) is 4.74 Å². The van der Waals surface area contributed by atoms with E-state index in [0.29, 0.717) is 0 Å². The molecule has 0 saturated carbocycles. The van der Waals surface area contributed by atoms with Gasteiger partial charge in [-0.3, -0.25) is 0 Å². The average molecular weight is 242 g/mol. The Morgan fingerprint density at radius 2 is 2.00 bits per heavy atom. The number of rotatable bonds is 2. The van der Waals surface area contributed by atoms with E-state index in [1.807, 2.05) is 0 Å². The first-order valence-electron chi connectivity index (χ1n) is 3.78. The highest BCUT2D eigenvalue weighted by atomic mass is 35.5. The van der Waals surface area contributed by atoms with E-state index in [4.69, 9.17) is 22.4 Å². The molecule has 0 aliphatic heterocycles. The summed E-state index contributed by atoms with van der Waals surface area (Å²) >= 11 is 5.56. The molecule has 0 heterocycles. The number of halogens is 4. The van der Waals surface area contributed by atoms with Crippen LogP contribution in [0.1, 0.15) is 5.56 Å². The molecule has 0 aromatic heterocycles. The lowest BCUT2D eigenvalue weighted by Crippen LogP contribution is -2.17. The molecule has 1 aromatic carbocycles. The van der Waals surface area contributed by atoms with Crippen molar-refractivity contribution >= 4 is 17.3 Å². The zero-order chi connectivity index (χ0) is 11.6. The SMILES string of the molecule is Nc1ccc(OC(F)(F)F)c(Cl)c1CO. The quantitative estimate of drug-likeness (QED) is 0.782. The third-order valence-corrected chi connectivity index (χ3v) is 2.04. The maximum absolute atomic E-state index is 11.9. The normalized spacial score (nSPS) is 11.5. The second kappa shape index (κ2) is 4.16. The zero-order valence-corrected chi connectivity index (χ0v) is 8.06. The van der Waals surface area contributed by atoms with Gasteiger partial charge in [-0.2, -0.15) is 0 Å². The minimum Gasteiger partial charge on any atom is -0.404 e. The van der Waals surface area contributed by atoms with Crippen molar-refractivity contribution < 1.29 is 23.0 Å². The number of aliphatic hydroxyl groups excluding tert-OH is 1. The molecule has 84 valence electrons. The molecule has 3 N–H and O–H groups in total. The van der Waals surface area contributed by atoms with Gasteiger partial charge in [-0.1, -0.05) is 11.6 Å². The fourth-order valence-corrected chi connectivity index (χ4v) is 1.25. The van der Waals surface area contributed by atoms with Gasteiger partial charge in [0.05, 0.1) is 11.6 Å². The Kier molecular flexibility index (Phi) is 3.31. The Bertz CT molecular complexity index is 368. The highest BCUT2D eigenvalue weighted by Gasteiger charge is 2.32. The van der Waals surface area contributed by atoms with E-state index in [1.54, 1.807) is 0 Å². The van der Waals surface area contributed by atoms with Gasteiger partial charge in [-0.15, -0.1) is 13.2 Å². The number of nitrogens with two attached hydrogens (primary N) is 1. The molecule has 0 saturated heterocycles. The van der Waals surface area contributed by atoms with Gasteiger partial charge in [0.15, 0.2) is 0 Å². The van der Waals surface area contributed by atoms with Crippen LogP contribution in [0.25, 0.3) is 0 Å². The Morgan fingerprint density at radius 1 is 1.40 bits per heavy atom. The molecule has 0 aliphatic carbocycles. The van der Waals surface area contributed by atoms with Gasteiger partial charge in [0.1, 0.15) is 5.75 Å². The predicted molar refractivity (Wildman–Crippen MR) is 48.5 cm³/mol. The minimum atomic E-state index is -4.83. The Morgan fingerprint density at radius 3 is 2.47 bits per heavy atom. The van der Waals surface area contributed by atoms with Gasteiger partial charge in [-0.05, 0) is 12.1 Å². The smallest absolute Gasteiger partial charge is 0.404 e. The number of ether oxygens (including phenoxy) is 1. The molecule has 1 rings (SSSR count). The summed E-state index contributed by atoms with van der Waals surface area (Å²) in [4.78, 5) is 0. The van der Waals surface area contributed by atoms with Crippen molar-refractivity contribution in [2.75, 3.05) is 5.73 Å². The van der Waals surface area contributed by atoms with Crippen LogP contribution in [-0.4, -0.2) is 11.5 Å². The van der Waals surface area contributed by atoms with Crippen LogP contribution in [0.4, 0.5) is 18.9 Å². The van der Waals surface area contributed by atoms with Crippen molar-refractivity contribution in [3.8, 4) is 5.75 Å². The first-order chi connectivity index (χ1) is 6.85. The first-order valence-corrected chi connectivity index (χ1v) is 4.16. The summed E-state index contributed by atoms with van der Waals surface area (Å²) in [5.74, 6) is -0.581. The Balaban J connectivity index is 3.11. The Hall–Kier alpha value is -1.14. The zero-order valence-electron chi connectivity index (χ0n) is 7.31. The maximum Gasteiger partial charge on any atom is 0.573 e. The fraction of sp³-hybridized carbons (Fsp3) is 0.250. The van der Waals surface area contributed by atoms with Gasteiger partial charge in [-0.25, -0.2) is 0 Å². The van der Waals surface area contributed by atoms with Crippen LogP contribution in [0.5, 0.6) is 5.75 Å². The molecular weight excluding hydrogens is 235 g/mol. The van der Waals surface area contributed by atoms with E-state index >= 15 is 0 Å². The fourth-order valence-electron chi connectivity index (χ4n) is 0.979. The molecular formula is C8H7ClF3NO2. The predicted octanol–water partition coefficient (Wildman–Crippen LogP) is 2.31. The van der Waals surface area contributed by atoms with Gasteiger partial charge in [0.25, 0.3) is 0 Å². The number of benzene rings is 1. The van der Waals surface area contributed by atoms with E-state index in [-0.39, 0.29) is 16.3 Å². The standard InChI is InChI=1S/C8H7ClF3NO2/c9-7-4(3-14)5(13)1-2-6(7)15-8(10,11)12/h1-2,14H,3,13H2. The van der Waals surface area contributed by atoms with Crippen LogP contribution >= 0.6 is 11.6 Å². The van der Waals surface area contributed by atoms with Crippen LogP contribution in [0, 0.1) is 0 Å². The summed E-state index contributed by atoms with van der Waals surface area (Å²) < 4.78 is 39.3. The second-order valence-corrected chi connectivity index (χ2v) is 3.03. The lowest BCUT2D eigenvalue weighted by atomic mass is 10.2. The van der Waals surface area contributed by atoms with E-state index < -0.39 is 18.7 Å². The van der Waals surface area contributed by atoms with Crippen LogP contribution in [0.2, 0.25) is 5.02 Å². The van der Waals surface area contributed by atoms with Gasteiger partial charge < -0.3 is 15.6 Å². The summed E-state index contributed by atoms with van der Waals surface area (Å²) in [7, 11) is 0. The van der Waals surface area contributed by atoms with Crippen molar-refractivity contribution in [2.24, 2.45) is 0 Å². The molecule has 3 nitrogen and oxygen atoms in total. The third kappa shape index (κ3) is 2.90. The van der Waals surface area contributed by atoms with Crippen LogP contribution < -0.4 is 10.5 Å². The molecule has 0 aliphatic rings. The van der Waals surface area contributed by atoms with E-state index in [1.165, 1.54) is 6.07 Å². The molecule has 15 heavy (non-hydrogen) atoms. The molecule has 0 bridgehead atoms. The molecule has 7 heteroatoms. The van der Waals surface area contributed by atoms with Crippen LogP contribution in [-0.2, 0) is 6.61 Å². The molecule has 1 aromatic rings. The number of nitrogen functional groups attached to an aromatic ring is 1. The van der Waals surface area contributed by atoms with Crippen molar-refractivity contribution in [2.45, 2.75) is 13.0 Å². The van der Waals surface area contributed by atoms with Gasteiger partial charge >= 0.3 is 6.36 Å². The topological polar surface area (TPSA) is 55.5 Å². The van der Waals surface area contributed by atoms with Crippen molar-refractivity contribution in [1.29, 1.82) is 0 Å². The molecule has 0 spiro atoms. The van der Waals surface area contributed by atoms with Crippen molar-refractivity contribution in [3.63, 3.8) is 0 Å². The lowest BCUT2D eigenvalue weighted by Gasteiger charge is -2.13. The van der Waals surface area contributed by atoms with E-state index in [0.717, 1.165) is 6.07 Å². The number of hydrogen-bond acceptors (Lipinski definition) is 3. The summed E-state index contributed by atoms with van der Waals surface area (Å²) in [5.41, 5.74) is 5.50. The largest absolute Gasteiger partial charge is 0.573 e. The summed E-state index contributed by atoms with van der Waals surface area (Å²) in [5, 5.41) is 8.48. The highest BCUT2D eigenvalue weighted by Crippen LogP contribution is 2.35. The monoisotopic (exact) mass is 241 g/mol. The van der Waals surface area contributed by atoms with Crippen LogP contribution in [0.3, 0.4) is 0 Å². The number of aliphatic hydroxyl groups is 1. The number of alkyl halides is 3. The van der Waals surface area contributed by atoms with Gasteiger partial charge in [0.2, 0.25) is 0 Å². The summed E-state index contributed by atoms with van der Waals surface area (Å²) in [6.07, 6.45) is -4.83. The third-order valence-electron chi connectivity index (χ3n) is 1.63. The number of anilines is 1. The molecule has 0 atom stereocenters. The molecule has 0 fully saturated rings. The lowest BCUT2D eigenvalue weighted by molar-refractivity contribution is -0.274. The summed E-state index contributed by atoms with van der Waals surface area (Å²) in [6, 6.07) is 2.17. The van der Waals surface area contributed by atoms with Crippen molar-refractivity contribution in [1.82, 2.24) is 0 Å². The average Bonchev–Trinajstić information content (AvgIpc) is 2.09. The van der Waals surface area contributed by atoms with Gasteiger partial charge in [0, 0.05) is 11.3 Å². The highest BCUT2D eigenvalue weighted by molar-refractivity contribution is 6.33. The maximum atomic E-state index is 11.9.